The van der Waals surface area contributed by atoms with Crippen molar-refractivity contribution in [3.05, 3.63) is 11.6 Å². The second kappa shape index (κ2) is 10.1. The first-order chi connectivity index (χ1) is 16.2. The van der Waals surface area contributed by atoms with Crippen molar-refractivity contribution in [2.24, 2.45) is 46.3 Å². The molecular formula is C30H48O4. The lowest BCUT2D eigenvalue weighted by Crippen LogP contribution is -2.51. The number of ketones is 1. The van der Waals surface area contributed by atoms with E-state index in [1.54, 1.807) is 5.57 Å². The minimum atomic E-state index is -0.593. The number of hydrogen-bond acceptors (Lipinski definition) is 4. The lowest BCUT2D eigenvalue weighted by molar-refractivity contribution is -0.151. The average Bonchev–Trinajstić information content (AvgIpc) is 3.22. The van der Waals surface area contributed by atoms with Gasteiger partial charge in [0, 0.05) is 13.0 Å². The van der Waals surface area contributed by atoms with Crippen molar-refractivity contribution in [2.45, 2.75) is 104 Å². The monoisotopic (exact) mass is 472 g/mol. The van der Waals surface area contributed by atoms with Gasteiger partial charge in [0.1, 0.15) is 11.7 Å². The summed E-state index contributed by atoms with van der Waals surface area (Å²) in [7, 11) is 3.28. The van der Waals surface area contributed by atoms with Crippen LogP contribution in [0.5, 0.6) is 0 Å². The van der Waals surface area contributed by atoms with Crippen LogP contribution in [0.25, 0.3) is 0 Å². The van der Waals surface area contributed by atoms with Crippen LogP contribution >= 0.6 is 0 Å². The number of fused-ring (bicyclic) bond motifs is 5. The van der Waals surface area contributed by atoms with Gasteiger partial charge in [0.2, 0.25) is 0 Å². The molecule has 0 N–H and O–H groups in total. The van der Waals surface area contributed by atoms with E-state index in [1.807, 2.05) is 21.0 Å². The molecule has 0 aromatic rings. The standard InChI is InChI=1S/C30H48O4/c1-7-30-17-15-25-23(11-9-21-18-22(33-5)14-16-29(21,25)4)26(30)13-10-20(30)8-12-24(28(32)34-6)27(31)19(2)3/h9,19-20,22-26H,7-8,10-18H2,1-6H3/t20?,22-,23?,24?,25?,26?,29?,30?/m0/s1. The zero-order valence-corrected chi connectivity index (χ0v) is 22.5. The number of esters is 1. The zero-order valence-electron chi connectivity index (χ0n) is 22.5. The van der Waals surface area contributed by atoms with E-state index in [-0.39, 0.29) is 17.7 Å². The topological polar surface area (TPSA) is 52.6 Å². The van der Waals surface area contributed by atoms with Crippen LogP contribution in [0.1, 0.15) is 98.3 Å². The number of ether oxygens (including phenoxy) is 2. The molecule has 4 aliphatic carbocycles. The predicted octanol–water partition coefficient (Wildman–Crippen LogP) is 6.77. The molecule has 0 radical (unpaired) electrons. The highest BCUT2D eigenvalue weighted by Gasteiger charge is 2.59. The summed E-state index contributed by atoms with van der Waals surface area (Å²) in [4.78, 5) is 25.2. The minimum Gasteiger partial charge on any atom is -0.468 e. The summed E-state index contributed by atoms with van der Waals surface area (Å²) in [5, 5.41) is 0. The van der Waals surface area contributed by atoms with Gasteiger partial charge in [-0.3, -0.25) is 9.59 Å². The number of Topliss-reactive ketones (excluding diaryl/α,β-unsaturated/α-hetero) is 1. The molecule has 34 heavy (non-hydrogen) atoms. The Morgan fingerprint density at radius 1 is 1.09 bits per heavy atom. The summed E-state index contributed by atoms with van der Waals surface area (Å²) in [6.07, 6.45) is 15.9. The lowest BCUT2D eigenvalue weighted by atomic mass is 9.46. The highest BCUT2D eigenvalue weighted by atomic mass is 16.5. The maximum atomic E-state index is 12.8. The third-order valence-corrected chi connectivity index (χ3v) is 11.1. The van der Waals surface area contributed by atoms with Gasteiger partial charge in [0.15, 0.2) is 0 Å². The third kappa shape index (κ3) is 4.20. The first-order valence-corrected chi connectivity index (χ1v) is 14.1. The largest absolute Gasteiger partial charge is 0.468 e. The number of carbonyl (C=O) groups is 2. The van der Waals surface area contributed by atoms with Crippen LogP contribution in [0.15, 0.2) is 11.6 Å². The SMILES string of the molecule is CCC12CCC3C(CC=C4C[C@@H](OC)CCC43C)C1CCC2CCC(C(=O)OC)C(=O)C(C)C. The maximum absolute atomic E-state index is 12.8. The molecule has 4 nitrogen and oxygen atoms in total. The Bertz CT molecular complexity index is 800. The smallest absolute Gasteiger partial charge is 0.316 e. The molecule has 4 aliphatic rings. The minimum absolute atomic E-state index is 0.0418. The molecule has 0 amide bonds. The molecular weight excluding hydrogens is 424 g/mol. The van der Waals surface area contributed by atoms with Crippen LogP contribution in [-0.2, 0) is 19.1 Å². The fraction of sp³-hybridized carbons (Fsp3) is 0.867. The number of rotatable bonds is 8. The normalized spacial score (nSPS) is 40.1. The number of carbonyl (C=O) groups excluding carboxylic acids is 2. The van der Waals surface area contributed by atoms with E-state index in [9.17, 15) is 9.59 Å². The molecule has 4 rings (SSSR count). The number of allylic oxidation sites excluding steroid dienone is 1. The Hall–Kier alpha value is -1.16. The molecule has 0 spiro atoms. The van der Waals surface area contributed by atoms with Gasteiger partial charge in [-0.15, -0.1) is 0 Å². The Balaban J connectivity index is 1.51. The molecule has 0 bridgehead atoms. The molecule has 0 heterocycles. The second-order valence-electron chi connectivity index (χ2n) is 12.5. The fourth-order valence-corrected chi connectivity index (χ4v) is 9.20. The molecule has 8 atom stereocenters. The summed E-state index contributed by atoms with van der Waals surface area (Å²) in [5.74, 6) is 1.98. The molecule has 0 aromatic heterocycles. The van der Waals surface area contributed by atoms with E-state index in [4.69, 9.17) is 9.47 Å². The van der Waals surface area contributed by atoms with Gasteiger partial charge in [0.05, 0.1) is 13.2 Å². The van der Waals surface area contributed by atoms with Crippen molar-refractivity contribution in [3.8, 4) is 0 Å². The molecule has 192 valence electrons. The van der Waals surface area contributed by atoms with Gasteiger partial charge in [0.25, 0.3) is 0 Å². The van der Waals surface area contributed by atoms with E-state index in [0.717, 1.165) is 30.6 Å². The summed E-state index contributed by atoms with van der Waals surface area (Å²) in [6.45, 7) is 8.75. The van der Waals surface area contributed by atoms with Gasteiger partial charge in [-0.05, 0) is 105 Å². The second-order valence-corrected chi connectivity index (χ2v) is 12.5. The first-order valence-electron chi connectivity index (χ1n) is 14.1. The summed E-state index contributed by atoms with van der Waals surface area (Å²) >= 11 is 0. The van der Waals surface area contributed by atoms with E-state index in [2.05, 4.69) is 19.9 Å². The Morgan fingerprint density at radius 3 is 2.50 bits per heavy atom. The van der Waals surface area contributed by atoms with Crippen molar-refractivity contribution < 1.29 is 19.1 Å². The van der Waals surface area contributed by atoms with Gasteiger partial charge in [-0.1, -0.05) is 39.3 Å². The highest BCUT2D eigenvalue weighted by molar-refractivity contribution is 5.99. The van der Waals surface area contributed by atoms with Crippen LogP contribution in [0, 0.1) is 46.3 Å². The molecule has 3 saturated carbocycles. The van der Waals surface area contributed by atoms with E-state index < -0.39 is 5.92 Å². The Labute approximate surface area is 207 Å². The van der Waals surface area contributed by atoms with Crippen molar-refractivity contribution >= 4 is 11.8 Å². The summed E-state index contributed by atoms with van der Waals surface area (Å²) < 4.78 is 10.8. The van der Waals surface area contributed by atoms with Crippen LogP contribution in [-0.4, -0.2) is 32.1 Å². The molecule has 0 aliphatic heterocycles. The molecule has 0 aromatic carbocycles. The Morgan fingerprint density at radius 2 is 1.85 bits per heavy atom. The predicted molar refractivity (Wildman–Crippen MR) is 135 cm³/mol. The zero-order chi connectivity index (χ0) is 24.7. The summed E-state index contributed by atoms with van der Waals surface area (Å²) in [6, 6.07) is 0. The van der Waals surface area contributed by atoms with Gasteiger partial charge >= 0.3 is 5.97 Å². The average molecular weight is 473 g/mol. The van der Waals surface area contributed by atoms with Crippen LogP contribution in [0.2, 0.25) is 0 Å². The van der Waals surface area contributed by atoms with Crippen LogP contribution in [0.3, 0.4) is 0 Å². The quantitative estimate of drug-likeness (QED) is 0.222. The van der Waals surface area contributed by atoms with Gasteiger partial charge in [-0.25, -0.2) is 0 Å². The molecule has 7 unspecified atom stereocenters. The first kappa shape index (κ1) is 25.9. The van der Waals surface area contributed by atoms with Gasteiger partial charge < -0.3 is 9.47 Å². The Kier molecular flexibility index (Phi) is 7.68. The summed E-state index contributed by atoms with van der Waals surface area (Å²) in [5.41, 5.74) is 2.42. The van der Waals surface area contributed by atoms with Crippen molar-refractivity contribution in [3.63, 3.8) is 0 Å². The van der Waals surface area contributed by atoms with E-state index in [1.165, 1.54) is 58.5 Å². The van der Waals surface area contributed by atoms with E-state index in [0.29, 0.717) is 29.3 Å². The molecule has 4 heteroatoms. The lowest BCUT2D eigenvalue weighted by Gasteiger charge is -2.59. The highest BCUT2D eigenvalue weighted by Crippen LogP contribution is 2.68. The third-order valence-electron chi connectivity index (χ3n) is 11.1. The number of hydrogen-bond donors (Lipinski definition) is 0. The fourth-order valence-electron chi connectivity index (χ4n) is 9.20. The van der Waals surface area contributed by atoms with Crippen LogP contribution < -0.4 is 0 Å². The van der Waals surface area contributed by atoms with Crippen LogP contribution in [0.4, 0.5) is 0 Å². The van der Waals surface area contributed by atoms with Crippen molar-refractivity contribution in [1.82, 2.24) is 0 Å². The van der Waals surface area contributed by atoms with E-state index >= 15 is 0 Å². The molecule has 3 fully saturated rings. The van der Waals surface area contributed by atoms with Crippen molar-refractivity contribution in [2.75, 3.05) is 14.2 Å². The molecule has 0 saturated heterocycles. The van der Waals surface area contributed by atoms with Crippen molar-refractivity contribution in [1.29, 1.82) is 0 Å². The van der Waals surface area contributed by atoms with Gasteiger partial charge in [-0.2, -0.15) is 0 Å². The maximum Gasteiger partial charge on any atom is 0.316 e. The number of methoxy groups -OCH3 is 2.